The molecule has 0 atom stereocenters. The van der Waals surface area contributed by atoms with Crippen molar-refractivity contribution in [2.45, 2.75) is 26.7 Å². The molecule has 1 aromatic carbocycles. The lowest BCUT2D eigenvalue weighted by atomic mass is 10.1. The minimum atomic E-state index is 0.0608. The zero-order chi connectivity index (χ0) is 14.1. The molecule has 0 bridgehead atoms. The molecule has 1 aromatic rings. The van der Waals surface area contributed by atoms with E-state index in [9.17, 15) is 4.79 Å². The highest BCUT2D eigenvalue weighted by molar-refractivity contribution is 5.96. The van der Waals surface area contributed by atoms with Crippen LogP contribution in [0.1, 0.15) is 42.6 Å². The standard InChI is InChI=1S/C16H22N2O/c1-3-12-18(13-4-2)16(19)15-10-6-5-8-14(15)9-7-11-17/h5-6,8,10H,3-4,11-13,17H2,1-2H3. The summed E-state index contributed by atoms with van der Waals surface area (Å²) in [5.74, 6) is 5.84. The first-order valence-corrected chi connectivity index (χ1v) is 6.81. The zero-order valence-corrected chi connectivity index (χ0v) is 11.8. The molecule has 0 fully saturated rings. The van der Waals surface area contributed by atoms with Crippen molar-refractivity contribution < 1.29 is 4.79 Å². The summed E-state index contributed by atoms with van der Waals surface area (Å²) in [7, 11) is 0. The number of rotatable bonds is 5. The molecule has 0 aliphatic carbocycles. The third-order valence-electron chi connectivity index (χ3n) is 2.76. The Hall–Kier alpha value is -1.79. The van der Waals surface area contributed by atoms with Gasteiger partial charge >= 0.3 is 0 Å². The smallest absolute Gasteiger partial charge is 0.255 e. The van der Waals surface area contributed by atoms with Crippen LogP contribution in [0.5, 0.6) is 0 Å². The van der Waals surface area contributed by atoms with Crippen molar-refractivity contribution in [1.82, 2.24) is 4.90 Å². The van der Waals surface area contributed by atoms with Gasteiger partial charge in [-0.05, 0) is 25.0 Å². The molecule has 1 rings (SSSR count). The van der Waals surface area contributed by atoms with Gasteiger partial charge < -0.3 is 10.6 Å². The molecule has 3 heteroatoms. The predicted molar refractivity (Wildman–Crippen MR) is 78.9 cm³/mol. The Morgan fingerprint density at radius 1 is 1.21 bits per heavy atom. The van der Waals surface area contributed by atoms with Gasteiger partial charge in [0.1, 0.15) is 0 Å². The zero-order valence-electron chi connectivity index (χ0n) is 11.8. The Kier molecular flexibility index (Phi) is 6.70. The fourth-order valence-corrected chi connectivity index (χ4v) is 1.95. The van der Waals surface area contributed by atoms with Crippen molar-refractivity contribution in [2.75, 3.05) is 19.6 Å². The molecular weight excluding hydrogens is 236 g/mol. The first-order valence-electron chi connectivity index (χ1n) is 6.81. The van der Waals surface area contributed by atoms with Crippen molar-refractivity contribution in [3.05, 3.63) is 35.4 Å². The molecule has 0 unspecified atom stereocenters. The van der Waals surface area contributed by atoms with Gasteiger partial charge in [0.15, 0.2) is 0 Å². The van der Waals surface area contributed by atoms with Gasteiger partial charge in [0.25, 0.3) is 5.91 Å². The molecular formula is C16H22N2O. The van der Waals surface area contributed by atoms with E-state index >= 15 is 0 Å². The first kappa shape index (κ1) is 15.3. The molecule has 2 N–H and O–H groups in total. The topological polar surface area (TPSA) is 46.3 Å². The molecule has 0 saturated carbocycles. The summed E-state index contributed by atoms with van der Waals surface area (Å²) >= 11 is 0. The number of hydrogen-bond acceptors (Lipinski definition) is 2. The predicted octanol–water partition coefficient (Wildman–Crippen LogP) is 2.26. The molecule has 0 heterocycles. The lowest BCUT2D eigenvalue weighted by Crippen LogP contribution is -2.33. The van der Waals surface area contributed by atoms with E-state index < -0.39 is 0 Å². The molecule has 0 aliphatic rings. The summed E-state index contributed by atoms with van der Waals surface area (Å²) in [4.78, 5) is 14.4. The minimum Gasteiger partial charge on any atom is -0.339 e. The number of carbonyl (C=O) groups excluding carboxylic acids is 1. The molecule has 19 heavy (non-hydrogen) atoms. The Morgan fingerprint density at radius 2 is 1.84 bits per heavy atom. The van der Waals surface area contributed by atoms with Crippen LogP contribution >= 0.6 is 0 Å². The van der Waals surface area contributed by atoms with Gasteiger partial charge in [-0.15, -0.1) is 0 Å². The molecule has 3 nitrogen and oxygen atoms in total. The fourth-order valence-electron chi connectivity index (χ4n) is 1.95. The van der Waals surface area contributed by atoms with E-state index in [2.05, 4.69) is 25.7 Å². The third-order valence-corrected chi connectivity index (χ3v) is 2.76. The van der Waals surface area contributed by atoms with Gasteiger partial charge in [-0.25, -0.2) is 0 Å². The largest absolute Gasteiger partial charge is 0.339 e. The maximum atomic E-state index is 12.5. The van der Waals surface area contributed by atoms with Crippen molar-refractivity contribution in [1.29, 1.82) is 0 Å². The number of nitrogens with two attached hydrogens (primary N) is 1. The third kappa shape index (κ3) is 4.42. The number of benzene rings is 1. The van der Waals surface area contributed by atoms with Crippen LogP contribution in [0.3, 0.4) is 0 Å². The molecule has 0 radical (unpaired) electrons. The monoisotopic (exact) mass is 258 g/mol. The van der Waals surface area contributed by atoms with E-state index in [0.717, 1.165) is 31.5 Å². The maximum absolute atomic E-state index is 12.5. The summed E-state index contributed by atoms with van der Waals surface area (Å²) in [6, 6.07) is 7.46. The summed E-state index contributed by atoms with van der Waals surface area (Å²) in [6.07, 6.45) is 1.92. The molecule has 0 spiro atoms. The van der Waals surface area contributed by atoms with Crippen molar-refractivity contribution >= 4 is 5.91 Å². The van der Waals surface area contributed by atoms with Crippen LogP contribution in [-0.2, 0) is 0 Å². The summed E-state index contributed by atoms with van der Waals surface area (Å²) < 4.78 is 0. The Morgan fingerprint density at radius 3 is 2.42 bits per heavy atom. The van der Waals surface area contributed by atoms with Gasteiger partial charge in [0.2, 0.25) is 0 Å². The minimum absolute atomic E-state index is 0.0608. The van der Waals surface area contributed by atoms with Gasteiger partial charge in [-0.3, -0.25) is 4.79 Å². The van der Waals surface area contributed by atoms with Gasteiger partial charge in [0.05, 0.1) is 12.1 Å². The van der Waals surface area contributed by atoms with Crippen LogP contribution in [0.25, 0.3) is 0 Å². The fraction of sp³-hybridized carbons (Fsp3) is 0.438. The van der Waals surface area contributed by atoms with E-state index in [1.165, 1.54) is 0 Å². The number of carbonyl (C=O) groups is 1. The van der Waals surface area contributed by atoms with E-state index in [4.69, 9.17) is 5.73 Å². The van der Waals surface area contributed by atoms with E-state index in [1.807, 2.05) is 29.2 Å². The van der Waals surface area contributed by atoms with E-state index in [1.54, 1.807) is 0 Å². The molecule has 102 valence electrons. The Labute approximate surface area is 115 Å². The normalized spacial score (nSPS) is 9.63. The Balaban J connectivity index is 3.03. The average Bonchev–Trinajstić information content (AvgIpc) is 2.44. The second kappa shape index (κ2) is 8.34. The van der Waals surface area contributed by atoms with Crippen LogP contribution in [0.15, 0.2) is 24.3 Å². The number of amides is 1. The molecule has 0 saturated heterocycles. The summed E-state index contributed by atoms with van der Waals surface area (Å²) in [5.41, 5.74) is 6.82. The van der Waals surface area contributed by atoms with E-state index in [0.29, 0.717) is 12.1 Å². The number of hydrogen-bond donors (Lipinski definition) is 1. The van der Waals surface area contributed by atoms with Crippen LogP contribution < -0.4 is 5.73 Å². The summed E-state index contributed by atoms with van der Waals surface area (Å²) in [5, 5.41) is 0. The molecule has 0 aliphatic heterocycles. The summed E-state index contributed by atoms with van der Waals surface area (Å²) in [6.45, 7) is 6.03. The van der Waals surface area contributed by atoms with Gasteiger partial charge in [0, 0.05) is 18.7 Å². The number of nitrogens with zero attached hydrogens (tertiary/aromatic N) is 1. The average molecular weight is 258 g/mol. The highest BCUT2D eigenvalue weighted by atomic mass is 16.2. The highest BCUT2D eigenvalue weighted by Crippen LogP contribution is 2.11. The SMILES string of the molecule is CCCN(CCC)C(=O)c1ccccc1C#CCN. The van der Waals surface area contributed by atoms with Gasteiger partial charge in [-0.1, -0.05) is 37.8 Å². The lowest BCUT2D eigenvalue weighted by Gasteiger charge is -2.22. The molecule has 0 aromatic heterocycles. The molecule has 1 amide bonds. The maximum Gasteiger partial charge on any atom is 0.255 e. The van der Waals surface area contributed by atoms with Crippen LogP contribution in [0.2, 0.25) is 0 Å². The van der Waals surface area contributed by atoms with Crippen LogP contribution in [0, 0.1) is 11.8 Å². The van der Waals surface area contributed by atoms with E-state index in [-0.39, 0.29) is 5.91 Å². The quantitative estimate of drug-likeness (QED) is 0.823. The van der Waals surface area contributed by atoms with Crippen molar-refractivity contribution in [3.8, 4) is 11.8 Å². The second-order valence-corrected chi connectivity index (χ2v) is 4.34. The second-order valence-electron chi connectivity index (χ2n) is 4.34. The van der Waals surface area contributed by atoms with Crippen molar-refractivity contribution in [3.63, 3.8) is 0 Å². The van der Waals surface area contributed by atoms with Crippen LogP contribution in [-0.4, -0.2) is 30.4 Å². The lowest BCUT2D eigenvalue weighted by molar-refractivity contribution is 0.0755. The van der Waals surface area contributed by atoms with Gasteiger partial charge in [-0.2, -0.15) is 0 Å². The highest BCUT2D eigenvalue weighted by Gasteiger charge is 2.16. The first-order chi connectivity index (χ1) is 9.24. The Bertz CT molecular complexity index is 465. The van der Waals surface area contributed by atoms with Crippen LogP contribution in [0.4, 0.5) is 0 Å². The van der Waals surface area contributed by atoms with Crippen molar-refractivity contribution in [2.24, 2.45) is 5.73 Å².